The molecule has 9 heteroatoms. The number of amides is 2. The summed E-state index contributed by atoms with van der Waals surface area (Å²) in [6.07, 6.45) is 2.54. The summed E-state index contributed by atoms with van der Waals surface area (Å²) in [5, 5.41) is 9.75. The van der Waals surface area contributed by atoms with Crippen molar-refractivity contribution in [1.29, 1.82) is 0 Å². The van der Waals surface area contributed by atoms with Crippen LogP contribution in [-0.2, 0) is 9.53 Å². The van der Waals surface area contributed by atoms with Crippen LogP contribution in [0.4, 0.5) is 4.79 Å². The van der Waals surface area contributed by atoms with Crippen LogP contribution in [0.2, 0.25) is 0 Å². The molecule has 0 aromatic rings. The molecular formula is C20H40IN5O3. The highest BCUT2D eigenvalue weighted by atomic mass is 127. The molecule has 3 N–H and O–H groups in total. The van der Waals surface area contributed by atoms with Crippen LogP contribution in [0.5, 0.6) is 0 Å². The molecule has 1 atom stereocenters. The van der Waals surface area contributed by atoms with Crippen molar-refractivity contribution in [3.05, 3.63) is 0 Å². The molecule has 1 saturated heterocycles. The van der Waals surface area contributed by atoms with Gasteiger partial charge in [0.15, 0.2) is 5.96 Å². The Morgan fingerprint density at radius 2 is 1.79 bits per heavy atom. The standard InChI is InChI=1S/C20H39N5O3.HI/c1-8-16(26)25-12-11-15(13-25)23-17(21-7)22-14-20(9-2,10-3)24-18(27)28-19(4,5)6;/h15H,8-14H2,1-7H3,(H,24,27)(H2,21,22,23);1H. The average Bonchev–Trinajstić information content (AvgIpc) is 3.10. The fourth-order valence-corrected chi connectivity index (χ4v) is 3.21. The maximum absolute atomic E-state index is 12.3. The number of ether oxygens (including phenoxy) is 1. The van der Waals surface area contributed by atoms with Gasteiger partial charge in [-0.15, -0.1) is 24.0 Å². The number of halogens is 1. The van der Waals surface area contributed by atoms with Gasteiger partial charge in [-0.25, -0.2) is 4.79 Å². The molecule has 0 aromatic heterocycles. The van der Waals surface area contributed by atoms with Gasteiger partial charge < -0.3 is 25.6 Å². The van der Waals surface area contributed by atoms with Crippen molar-refractivity contribution < 1.29 is 14.3 Å². The highest BCUT2D eigenvalue weighted by Crippen LogP contribution is 2.16. The molecule has 1 fully saturated rings. The number of rotatable bonds is 7. The summed E-state index contributed by atoms with van der Waals surface area (Å²) in [6, 6.07) is 0.179. The molecule has 170 valence electrons. The molecule has 0 bridgehead atoms. The molecule has 1 aliphatic rings. The number of aliphatic imine (C=N–C) groups is 1. The zero-order chi connectivity index (χ0) is 21.4. The number of hydrogen-bond acceptors (Lipinski definition) is 4. The molecule has 0 saturated carbocycles. The third-order valence-electron chi connectivity index (χ3n) is 5.12. The van der Waals surface area contributed by atoms with Crippen LogP contribution in [0.1, 0.15) is 67.2 Å². The summed E-state index contributed by atoms with van der Waals surface area (Å²) in [6.45, 7) is 13.5. The molecule has 1 aliphatic heterocycles. The summed E-state index contributed by atoms with van der Waals surface area (Å²) in [5.74, 6) is 0.859. The fourth-order valence-electron chi connectivity index (χ4n) is 3.21. The van der Waals surface area contributed by atoms with Crippen LogP contribution in [0.25, 0.3) is 0 Å². The van der Waals surface area contributed by atoms with E-state index >= 15 is 0 Å². The zero-order valence-electron chi connectivity index (χ0n) is 19.1. The predicted molar refractivity (Wildman–Crippen MR) is 128 cm³/mol. The summed E-state index contributed by atoms with van der Waals surface area (Å²) in [5.41, 5.74) is -0.966. The Morgan fingerprint density at radius 3 is 2.28 bits per heavy atom. The molecule has 8 nitrogen and oxygen atoms in total. The first-order valence-corrected chi connectivity index (χ1v) is 10.3. The van der Waals surface area contributed by atoms with Gasteiger partial charge in [0, 0.05) is 39.1 Å². The van der Waals surface area contributed by atoms with Gasteiger partial charge in [-0.05, 0) is 40.0 Å². The molecular weight excluding hydrogens is 485 g/mol. The molecule has 0 spiro atoms. The average molecular weight is 525 g/mol. The lowest BCUT2D eigenvalue weighted by Crippen LogP contribution is -2.57. The van der Waals surface area contributed by atoms with Gasteiger partial charge in [0.25, 0.3) is 0 Å². The lowest BCUT2D eigenvalue weighted by molar-refractivity contribution is -0.129. The van der Waals surface area contributed by atoms with E-state index in [1.54, 1.807) is 7.05 Å². The van der Waals surface area contributed by atoms with Crippen molar-refractivity contribution in [1.82, 2.24) is 20.9 Å². The molecule has 1 heterocycles. The number of alkyl carbamates (subject to hydrolysis) is 1. The number of hydrogen-bond donors (Lipinski definition) is 3. The maximum Gasteiger partial charge on any atom is 0.408 e. The number of nitrogens with zero attached hydrogens (tertiary/aromatic N) is 2. The van der Waals surface area contributed by atoms with Crippen molar-refractivity contribution in [3.8, 4) is 0 Å². The fraction of sp³-hybridized carbons (Fsp3) is 0.850. The van der Waals surface area contributed by atoms with E-state index in [4.69, 9.17) is 4.74 Å². The predicted octanol–water partition coefficient (Wildman–Crippen LogP) is 2.86. The topological polar surface area (TPSA) is 95.1 Å². The van der Waals surface area contributed by atoms with E-state index in [2.05, 4.69) is 20.9 Å². The minimum absolute atomic E-state index is 0. The first-order chi connectivity index (χ1) is 13.1. The van der Waals surface area contributed by atoms with E-state index in [0.29, 0.717) is 25.5 Å². The monoisotopic (exact) mass is 525 g/mol. The van der Waals surface area contributed by atoms with E-state index in [0.717, 1.165) is 25.8 Å². The number of carbonyl (C=O) groups excluding carboxylic acids is 2. The molecule has 0 radical (unpaired) electrons. The van der Waals surface area contributed by atoms with E-state index in [1.165, 1.54) is 0 Å². The van der Waals surface area contributed by atoms with E-state index in [1.807, 2.05) is 46.4 Å². The highest BCUT2D eigenvalue weighted by molar-refractivity contribution is 14.0. The largest absolute Gasteiger partial charge is 0.444 e. The van der Waals surface area contributed by atoms with Crippen molar-refractivity contribution in [2.45, 2.75) is 84.4 Å². The SMILES string of the molecule is CCC(=O)N1CCC(NC(=NC)NCC(CC)(CC)NC(=O)OC(C)(C)C)C1.I. The summed E-state index contributed by atoms with van der Waals surface area (Å²) >= 11 is 0. The summed E-state index contributed by atoms with van der Waals surface area (Å²) in [7, 11) is 1.72. The van der Waals surface area contributed by atoms with Gasteiger partial charge in [-0.1, -0.05) is 20.8 Å². The number of likely N-dealkylation sites (tertiary alicyclic amines) is 1. The Labute approximate surface area is 193 Å². The smallest absolute Gasteiger partial charge is 0.408 e. The van der Waals surface area contributed by atoms with Crippen LogP contribution in [0.3, 0.4) is 0 Å². The molecule has 0 aliphatic carbocycles. The van der Waals surface area contributed by atoms with Gasteiger partial charge in [-0.3, -0.25) is 9.79 Å². The third kappa shape index (κ3) is 9.39. The second-order valence-electron chi connectivity index (χ2n) is 8.36. The van der Waals surface area contributed by atoms with Crippen molar-refractivity contribution >= 4 is 41.9 Å². The molecule has 1 unspecified atom stereocenters. The van der Waals surface area contributed by atoms with Gasteiger partial charge in [0.1, 0.15) is 5.60 Å². The van der Waals surface area contributed by atoms with Gasteiger partial charge in [0.2, 0.25) is 5.91 Å². The molecule has 0 aromatic carbocycles. The normalized spacial score (nSPS) is 17.4. The molecule has 2 amide bonds. The second-order valence-corrected chi connectivity index (χ2v) is 8.36. The first-order valence-electron chi connectivity index (χ1n) is 10.3. The Bertz CT molecular complexity index is 559. The maximum atomic E-state index is 12.3. The lowest BCUT2D eigenvalue weighted by atomic mass is 9.93. The summed E-state index contributed by atoms with van der Waals surface area (Å²) in [4.78, 5) is 30.3. The van der Waals surface area contributed by atoms with Gasteiger partial charge in [0.05, 0.1) is 5.54 Å². The van der Waals surface area contributed by atoms with Crippen LogP contribution in [0.15, 0.2) is 4.99 Å². The van der Waals surface area contributed by atoms with E-state index < -0.39 is 17.2 Å². The quantitative estimate of drug-likeness (QED) is 0.270. The van der Waals surface area contributed by atoms with Crippen molar-refractivity contribution in [2.75, 3.05) is 26.7 Å². The number of nitrogens with one attached hydrogen (secondary N) is 3. The molecule has 29 heavy (non-hydrogen) atoms. The van der Waals surface area contributed by atoms with Crippen LogP contribution in [-0.4, -0.2) is 66.7 Å². The second kappa shape index (κ2) is 12.4. The summed E-state index contributed by atoms with van der Waals surface area (Å²) < 4.78 is 5.42. The van der Waals surface area contributed by atoms with Crippen LogP contribution in [0, 0.1) is 0 Å². The number of carbonyl (C=O) groups is 2. The van der Waals surface area contributed by atoms with E-state index in [-0.39, 0.29) is 35.9 Å². The Kier molecular flexibility index (Phi) is 11.9. The first kappa shape index (κ1) is 27.7. The van der Waals surface area contributed by atoms with E-state index in [9.17, 15) is 9.59 Å². The third-order valence-corrected chi connectivity index (χ3v) is 5.12. The molecule has 1 rings (SSSR count). The zero-order valence-corrected chi connectivity index (χ0v) is 21.4. The Morgan fingerprint density at radius 1 is 1.17 bits per heavy atom. The van der Waals surface area contributed by atoms with Gasteiger partial charge >= 0.3 is 6.09 Å². The Balaban J connectivity index is 0.00000784. The van der Waals surface area contributed by atoms with Crippen LogP contribution >= 0.6 is 24.0 Å². The van der Waals surface area contributed by atoms with Crippen molar-refractivity contribution in [3.63, 3.8) is 0 Å². The minimum atomic E-state index is -0.535. The highest BCUT2D eigenvalue weighted by Gasteiger charge is 2.31. The van der Waals surface area contributed by atoms with Crippen LogP contribution < -0.4 is 16.0 Å². The minimum Gasteiger partial charge on any atom is -0.444 e. The lowest BCUT2D eigenvalue weighted by Gasteiger charge is -2.34. The van der Waals surface area contributed by atoms with Gasteiger partial charge in [-0.2, -0.15) is 0 Å². The Hall–Kier alpha value is -1.26. The number of guanidine groups is 1. The van der Waals surface area contributed by atoms with Crippen molar-refractivity contribution in [2.24, 2.45) is 4.99 Å².